The maximum atomic E-state index is 10.2. The molecule has 0 saturated heterocycles. The van der Waals surface area contributed by atoms with Crippen molar-refractivity contribution in [3.05, 3.63) is 41.6 Å². The van der Waals surface area contributed by atoms with E-state index in [0.29, 0.717) is 5.92 Å². The van der Waals surface area contributed by atoms with Gasteiger partial charge in [-0.1, -0.05) is 32.8 Å². The second-order valence-corrected chi connectivity index (χ2v) is 10.8. The monoisotopic (exact) mass is 507 g/mol. The number of rotatable bonds is 11. The minimum atomic E-state index is -0.101. The summed E-state index contributed by atoms with van der Waals surface area (Å²) in [5, 5.41) is 14.7. The molecular formula is C27H37N7OS. The Morgan fingerprint density at radius 1 is 1.33 bits per heavy atom. The van der Waals surface area contributed by atoms with E-state index in [-0.39, 0.29) is 12.1 Å². The minimum absolute atomic E-state index is 0.101. The van der Waals surface area contributed by atoms with E-state index < -0.39 is 0 Å². The lowest BCUT2D eigenvalue weighted by molar-refractivity contribution is 0.0307. The highest BCUT2D eigenvalue weighted by atomic mass is 32.1. The summed E-state index contributed by atoms with van der Waals surface area (Å²) < 4.78 is 6.89. The standard InChI is InChI=1S/C27H37N7OS/c1-4-8-20(14-28-3)23-15-29-26-25(30-22(17-34(23)26)19-9-10-19)31-24-13-21(32-36-24)16-33(5-2)27(18-35)11-6-7-12-27/h8,13-15,17,19,35H,4-7,9-12,16,18H2,1-3H3,(H,30,31)/b20-8+,28-14?. The summed E-state index contributed by atoms with van der Waals surface area (Å²) >= 11 is 1.45. The van der Waals surface area contributed by atoms with Crippen molar-refractivity contribution in [2.45, 2.75) is 76.8 Å². The fourth-order valence-electron chi connectivity index (χ4n) is 5.44. The first-order valence-corrected chi connectivity index (χ1v) is 14.0. The molecule has 2 N–H and O–H groups in total. The van der Waals surface area contributed by atoms with Crippen LogP contribution in [0.4, 0.5) is 10.8 Å². The number of imidazole rings is 1. The highest BCUT2D eigenvalue weighted by Crippen LogP contribution is 2.40. The van der Waals surface area contributed by atoms with E-state index in [2.05, 4.69) is 51.8 Å². The lowest BCUT2D eigenvalue weighted by atomic mass is 9.96. The Labute approximate surface area is 217 Å². The minimum Gasteiger partial charge on any atom is -0.394 e. The molecule has 8 nitrogen and oxygen atoms in total. The molecule has 9 heteroatoms. The predicted octanol–water partition coefficient (Wildman–Crippen LogP) is 5.43. The average Bonchev–Trinajstić information content (AvgIpc) is 3.26. The summed E-state index contributed by atoms with van der Waals surface area (Å²) in [6.07, 6.45) is 15.9. The second kappa shape index (κ2) is 10.8. The molecule has 0 aliphatic heterocycles. The molecule has 3 aromatic rings. The van der Waals surface area contributed by atoms with E-state index in [1.54, 1.807) is 7.05 Å². The van der Waals surface area contributed by atoms with Gasteiger partial charge in [-0.2, -0.15) is 4.37 Å². The van der Waals surface area contributed by atoms with Crippen LogP contribution in [0, 0.1) is 0 Å². The topological polar surface area (TPSA) is 90.9 Å². The molecule has 0 aromatic carbocycles. The Kier molecular flexibility index (Phi) is 7.50. The lowest BCUT2D eigenvalue weighted by Crippen LogP contribution is -2.49. The number of allylic oxidation sites excluding steroid dienone is 2. The zero-order valence-corrected chi connectivity index (χ0v) is 22.4. The van der Waals surface area contributed by atoms with Gasteiger partial charge in [-0.3, -0.25) is 14.3 Å². The molecule has 0 amide bonds. The SMILES string of the molecule is CC/C=C(\C=NC)c1cnc2c(Nc3cc(CN(CC)C4(CO)CCCC4)ns3)nc(C3CC3)cn12. The number of fused-ring (bicyclic) bond motifs is 1. The molecule has 36 heavy (non-hydrogen) atoms. The Balaban J connectivity index is 1.43. The van der Waals surface area contributed by atoms with Gasteiger partial charge in [-0.05, 0) is 56.2 Å². The van der Waals surface area contributed by atoms with Crippen molar-refractivity contribution in [2.75, 3.05) is 25.5 Å². The van der Waals surface area contributed by atoms with Crippen LogP contribution in [0.3, 0.4) is 0 Å². The molecule has 192 valence electrons. The fraction of sp³-hybridized carbons (Fsp3) is 0.556. The van der Waals surface area contributed by atoms with Crippen LogP contribution >= 0.6 is 11.5 Å². The number of aliphatic hydroxyl groups is 1. The van der Waals surface area contributed by atoms with Gasteiger partial charge in [0.2, 0.25) is 0 Å². The first kappa shape index (κ1) is 25.0. The van der Waals surface area contributed by atoms with Gasteiger partial charge in [0.25, 0.3) is 0 Å². The second-order valence-electron chi connectivity index (χ2n) is 9.99. The summed E-state index contributed by atoms with van der Waals surface area (Å²) in [6.45, 7) is 6.16. The number of hydrogen-bond donors (Lipinski definition) is 2. The molecule has 2 aliphatic carbocycles. The van der Waals surface area contributed by atoms with Crippen molar-refractivity contribution in [3.63, 3.8) is 0 Å². The molecule has 5 rings (SSSR count). The summed E-state index contributed by atoms with van der Waals surface area (Å²) in [5.41, 5.74) is 4.92. The summed E-state index contributed by atoms with van der Waals surface area (Å²) in [4.78, 5) is 16.4. The first-order valence-electron chi connectivity index (χ1n) is 13.2. The lowest BCUT2D eigenvalue weighted by Gasteiger charge is -2.39. The van der Waals surface area contributed by atoms with Crippen molar-refractivity contribution in [3.8, 4) is 0 Å². The number of aliphatic hydroxyl groups excluding tert-OH is 1. The van der Waals surface area contributed by atoms with Crippen LogP contribution in [0.2, 0.25) is 0 Å². The number of aliphatic imine (C=N–C) groups is 1. The van der Waals surface area contributed by atoms with E-state index in [4.69, 9.17) is 14.3 Å². The molecule has 0 atom stereocenters. The van der Waals surface area contributed by atoms with Gasteiger partial charge in [0.15, 0.2) is 11.5 Å². The molecule has 2 aliphatic rings. The third-order valence-corrected chi connectivity index (χ3v) is 8.27. The highest BCUT2D eigenvalue weighted by molar-refractivity contribution is 7.10. The average molecular weight is 508 g/mol. The zero-order valence-electron chi connectivity index (χ0n) is 21.6. The van der Waals surface area contributed by atoms with Crippen LogP contribution in [0.1, 0.15) is 81.8 Å². The van der Waals surface area contributed by atoms with E-state index in [0.717, 1.165) is 71.5 Å². The van der Waals surface area contributed by atoms with Crippen molar-refractivity contribution < 1.29 is 5.11 Å². The summed E-state index contributed by atoms with van der Waals surface area (Å²) in [7, 11) is 1.80. The van der Waals surface area contributed by atoms with Crippen molar-refractivity contribution in [2.24, 2.45) is 4.99 Å². The van der Waals surface area contributed by atoms with Gasteiger partial charge < -0.3 is 10.4 Å². The van der Waals surface area contributed by atoms with Crippen LogP contribution < -0.4 is 5.32 Å². The molecular weight excluding hydrogens is 470 g/mol. The predicted molar refractivity (Wildman–Crippen MR) is 147 cm³/mol. The van der Waals surface area contributed by atoms with E-state index in [1.165, 1.54) is 37.2 Å². The van der Waals surface area contributed by atoms with Crippen molar-refractivity contribution in [1.82, 2.24) is 23.6 Å². The Hall–Kier alpha value is -2.62. The smallest absolute Gasteiger partial charge is 0.180 e. The quantitative estimate of drug-likeness (QED) is 0.337. The van der Waals surface area contributed by atoms with Crippen LogP contribution in [-0.4, -0.2) is 60.7 Å². The van der Waals surface area contributed by atoms with Gasteiger partial charge >= 0.3 is 0 Å². The number of hydrogen-bond acceptors (Lipinski definition) is 8. The van der Waals surface area contributed by atoms with E-state index >= 15 is 0 Å². The molecule has 2 fully saturated rings. The van der Waals surface area contributed by atoms with Crippen LogP contribution in [-0.2, 0) is 6.54 Å². The molecule has 0 radical (unpaired) electrons. The van der Waals surface area contributed by atoms with Gasteiger partial charge in [-0.25, -0.2) is 9.97 Å². The highest BCUT2D eigenvalue weighted by Gasteiger charge is 2.38. The Morgan fingerprint density at radius 3 is 2.81 bits per heavy atom. The number of nitrogens with one attached hydrogen (secondary N) is 1. The molecule has 0 bridgehead atoms. The third-order valence-electron chi connectivity index (χ3n) is 7.53. The van der Waals surface area contributed by atoms with Crippen molar-refractivity contribution in [1.29, 1.82) is 0 Å². The van der Waals surface area contributed by atoms with Crippen LogP contribution in [0.25, 0.3) is 11.2 Å². The first-order chi connectivity index (χ1) is 17.6. The largest absolute Gasteiger partial charge is 0.394 e. The van der Waals surface area contributed by atoms with Gasteiger partial charge in [0.1, 0.15) is 5.00 Å². The van der Waals surface area contributed by atoms with Crippen LogP contribution in [0.15, 0.2) is 29.5 Å². The Morgan fingerprint density at radius 2 is 2.14 bits per heavy atom. The normalized spacial score (nSPS) is 18.2. The zero-order chi connectivity index (χ0) is 25.1. The number of likely N-dealkylation sites (N-methyl/N-ethyl adjacent to an activating group) is 1. The number of anilines is 2. The number of nitrogens with zero attached hydrogens (tertiary/aromatic N) is 6. The molecule has 3 aromatic heterocycles. The van der Waals surface area contributed by atoms with Gasteiger partial charge in [0.05, 0.1) is 29.9 Å². The molecule has 0 unspecified atom stereocenters. The van der Waals surface area contributed by atoms with Crippen LogP contribution in [0.5, 0.6) is 0 Å². The van der Waals surface area contributed by atoms with Gasteiger partial charge in [-0.15, -0.1) is 0 Å². The maximum absolute atomic E-state index is 10.2. The van der Waals surface area contributed by atoms with Crippen molar-refractivity contribution >= 4 is 39.8 Å². The summed E-state index contributed by atoms with van der Waals surface area (Å²) in [5.74, 6) is 1.28. The number of aromatic nitrogens is 4. The van der Waals surface area contributed by atoms with E-state index in [9.17, 15) is 5.11 Å². The maximum Gasteiger partial charge on any atom is 0.180 e. The van der Waals surface area contributed by atoms with Gasteiger partial charge in [0, 0.05) is 43.0 Å². The Bertz CT molecular complexity index is 1250. The van der Waals surface area contributed by atoms with E-state index in [1.807, 2.05) is 12.4 Å². The molecule has 3 heterocycles. The summed E-state index contributed by atoms with van der Waals surface area (Å²) in [6, 6.07) is 2.12. The third kappa shape index (κ3) is 4.96. The molecule has 2 saturated carbocycles. The fourth-order valence-corrected chi connectivity index (χ4v) is 6.10. The molecule has 0 spiro atoms.